The molecule has 0 radical (unpaired) electrons. The molecule has 0 saturated carbocycles. The molecule has 0 bridgehead atoms. The van der Waals surface area contributed by atoms with Crippen LogP contribution < -0.4 is 11.1 Å². The summed E-state index contributed by atoms with van der Waals surface area (Å²) in [5.41, 5.74) is 7.75. The summed E-state index contributed by atoms with van der Waals surface area (Å²) in [5, 5.41) is 7.49. The van der Waals surface area contributed by atoms with Crippen molar-refractivity contribution in [3.63, 3.8) is 0 Å². The molecule has 0 unspecified atom stereocenters. The lowest BCUT2D eigenvalue weighted by Gasteiger charge is -2.06. The second kappa shape index (κ2) is 6.36. The van der Waals surface area contributed by atoms with Gasteiger partial charge in [0.05, 0.1) is 10.6 Å². The van der Waals surface area contributed by atoms with Crippen LogP contribution in [0.15, 0.2) is 65.6 Å². The fourth-order valence-corrected chi connectivity index (χ4v) is 3.37. The van der Waals surface area contributed by atoms with Crippen LogP contribution in [0.3, 0.4) is 0 Å². The van der Waals surface area contributed by atoms with Gasteiger partial charge >= 0.3 is 0 Å². The molecule has 0 aliphatic rings. The van der Waals surface area contributed by atoms with Crippen molar-refractivity contribution in [3.8, 4) is 11.3 Å². The van der Waals surface area contributed by atoms with Crippen molar-refractivity contribution >= 4 is 33.1 Å². The number of fused-ring (bicyclic) bond motifs is 1. The Kier molecular flexibility index (Phi) is 4.00. The number of nitrogens with zero attached hydrogens (tertiary/aromatic N) is 4. The van der Waals surface area contributed by atoms with E-state index >= 15 is 0 Å². The molecule has 27 heavy (non-hydrogen) atoms. The maximum Gasteiger partial charge on any atom is 0.248 e. The van der Waals surface area contributed by atoms with Crippen molar-refractivity contribution in [2.24, 2.45) is 0 Å². The Morgan fingerprint density at radius 2 is 1.78 bits per heavy atom. The largest absolute Gasteiger partial charge is 0.384 e. The van der Waals surface area contributed by atoms with Gasteiger partial charge in [0.1, 0.15) is 11.6 Å². The second-order valence-electron chi connectivity index (χ2n) is 5.99. The first-order chi connectivity index (χ1) is 12.9. The molecule has 3 aromatic heterocycles. The molecule has 8 nitrogen and oxygen atoms in total. The number of nitrogen functional groups attached to an aromatic ring is 1. The molecule has 0 amide bonds. The van der Waals surface area contributed by atoms with Gasteiger partial charge in [-0.2, -0.15) is 4.98 Å². The average Bonchev–Trinajstić information content (AvgIpc) is 3.03. The van der Waals surface area contributed by atoms with E-state index in [1.807, 2.05) is 24.3 Å². The SMILES string of the molecule is CS(=O)(=O)c1cccc(-c2cccc3nc(Nc4cccc(N)n4)nn23)c1. The number of pyridine rings is 2. The summed E-state index contributed by atoms with van der Waals surface area (Å²) < 4.78 is 25.4. The number of anilines is 3. The average molecular weight is 380 g/mol. The van der Waals surface area contributed by atoms with E-state index in [9.17, 15) is 8.42 Å². The van der Waals surface area contributed by atoms with Gasteiger partial charge in [0.15, 0.2) is 15.5 Å². The molecule has 3 N–H and O–H groups in total. The highest BCUT2D eigenvalue weighted by Gasteiger charge is 2.12. The van der Waals surface area contributed by atoms with E-state index in [1.54, 1.807) is 40.9 Å². The molecule has 0 atom stereocenters. The van der Waals surface area contributed by atoms with E-state index in [0.717, 1.165) is 11.3 Å². The number of nitrogens with two attached hydrogens (primary N) is 1. The van der Waals surface area contributed by atoms with Gasteiger partial charge in [0.2, 0.25) is 5.95 Å². The first-order valence-electron chi connectivity index (χ1n) is 8.06. The van der Waals surface area contributed by atoms with Crippen molar-refractivity contribution in [1.82, 2.24) is 19.6 Å². The van der Waals surface area contributed by atoms with Gasteiger partial charge in [0.25, 0.3) is 0 Å². The molecule has 1 aromatic carbocycles. The molecule has 4 aromatic rings. The van der Waals surface area contributed by atoms with E-state index in [0.29, 0.717) is 23.2 Å². The number of nitrogens with one attached hydrogen (secondary N) is 1. The lowest BCUT2D eigenvalue weighted by molar-refractivity contribution is 0.602. The number of hydrogen-bond acceptors (Lipinski definition) is 7. The lowest BCUT2D eigenvalue weighted by Crippen LogP contribution is -2.00. The van der Waals surface area contributed by atoms with Gasteiger partial charge in [-0.1, -0.05) is 24.3 Å². The van der Waals surface area contributed by atoms with Gasteiger partial charge in [0, 0.05) is 11.8 Å². The lowest BCUT2D eigenvalue weighted by atomic mass is 10.1. The third-order valence-corrected chi connectivity index (χ3v) is 5.04. The Balaban J connectivity index is 1.78. The third kappa shape index (κ3) is 3.44. The minimum Gasteiger partial charge on any atom is -0.384 e. The van der Waals surface area contributed by atoms with Crippen LogP contribution in [0.2, 0.25) is 0 Å². The molecule has 0 fully saturated rings. The van der Waals surface area contributed by atoms with Crippen molar-refractivity contribution in [2.75, 3.05) is 17.3 Å². The predicted octanol–water partition coefficient (Wildman–Crippen LogP) is 2.52. The quantitative estimate of drug-likeness (QED) is 0.559. The van der Waals surface area contributed by atoms with Crippen LogP contribution in [-0.4, -0.2) is 34.3 Å². The molecule has 0 saturated heterocycles. The summed E-state index contributed by atoms with van der Waals surface area (Å²) in [6.07, 6.45) is 1.18. The standard InChI is InChI=1S/C18H16N6O2S/c1-27(25,26)13-6-2-5-12(11-13)14-7-3-10-17-22-18(23-24(14)17)21-16-9-4-8-15(19)20-16/h2-11H,1H3,(H3,19,20,21,23). The summed E-state index contributed by atoms with van der Waals surface area (Å²) in [7, 11) is -3.30. The summed E-state index contributed by atoms with van der Waals surface area (Å²) >= 11 is 0. The van der Waals surface area contributed by atoms with E-state index in [1.165, 1.54) is 6.26 Å². The first-order valence-corrected chi connectivity index (χ1v) is 9.95. The fraction of sp³-hybridized carbons (Fsp3) is 0.0556. The Morgan fingerprint density at radius 1 is 1.00 bits per heavy atom. The fourth-order valence-electron chi connectivity index (χ4n) is 2.70. The zero-order valence-electron chi connectivity index (χ0n) is 14.4. The topological polar surface area (TPSA) is 115 Å². The van der Waals surface area contributed by atoms with Crippen LogP contribution in [0.25, 0.3) is 16.9 Å². The molecular weight excluding hydrogens is 364 g/mol. The maximum atomic E-state index is 11.9. The monoisotopic (exact) mass is 380 g/mol. The Morgan fingerprint density at radius 3 is 2.56 bits per heavy atom. The molecule has 136 valence electrons. The minimum atomic E-state index is -3.30. The molecule has 9 heteroatoms. The molecule has 0 aliphatic carbocycles. The van der Waals surface area contributed by atoms with Crippen molar-refractivity contribution < 1.29 is 8.42 Å². The highest BCUT2D eigenvalue weighted by Crippen LogP contribution is 2.24. The third-order valence-electron chi connectivity index (χ3n) is 3.93. The number of rotatable bonds is 4. The molecular formula is C18H16N6O2S. The molecule has 0 spiro atoms. The highest BCUT2D eigenvalue weighted by atomic mass is 32.2. The number of benzene rings is 1. The van der Waals surface area contributed by atoms with Crippen LogP contribution >= 0.6 is 0 Å². The number of sulfone groups is 1. The Labute approximate surface area is 155 Å². The number of hydrogen-bond donors (Lipinski definition) is 2. The highest BCUT2D eigenvalue weighted by molar-refractivity contribution is 7.90. The van der Waals surface area contributed by atoms with Gasteiger partial charge in [-0.05, 0) is 36.4 Å². The second-order valence-corrected chi connectivity index (χ2v) is 8.00. The van der Waals surface area contributed by atoms with Crippen LogP contribution in [0.4, 0.5) is 17.6 Å². The predicted molar refractivity (Wildman–Crippen MR) is 103 cm³/mol. The summed E-state index contributed by atoms with van der Waals surface area (Å²) in [6.45, 7) is 0. The molecule has 0 aliphatic heterocycles. The van der Waals surface area contributed by atoms with Crippen LogP contribution in [-0.2, 0) is 9.84 Å². The van der Waals surface area contributed by atoms with E-state index < -0.39 is 9.84 Å². The van der Waals surface area contributed by atoms with Crippen molar-refractivity contribution in [1.29, 1.82) is 0 Å². The normalized spacial score (nSPS) is 11.6. The first kappa shape index (κ1) is 17.0. The van der Waals surface area contributed by atoms with E-state index in [2.05, 4.69) is 20.4 Å². The van der Waals surface area contributed by atoms with Crippen molar-refractivity contribution in [2.45, 2.75) is 4.90 Å². The van der Waals surface area contributed by atoms with Crippen LogP contribution in [0.1, 0.15) is 0 Å². The van der Waals surface area contributed by atoms with Gasteiger partial charge < -0.3 is 11.1 Å². The molecule has 4 rings (SSSR count). The molecule has 3 heterocycles. The van der Waals surface area contributed by atoms with Crippen molar-refractivity contribution in [3.05, 3.63) is 60.7 Å². The van der Waals surface area contributed by atoms with Crippen LogP contribution in [0, 0.1) is 0 Å². The summed E-state index contributed by atoms with van der Waals surface area (Å²) in [5.74, 6) is 1.29. The van der Waals surface area contributed by atoms with Gasteiger partial charge in [-0.25, -0.2) is 17.9 Å². The summed E-state index contributed by atoms with van der Waals surface area (Å²) in [4.78, 5) is 8.85. The Hall–Kier alpha value is -3.46. The maximum absolute atomic E-state index is 11.9. The minimum absolute atomic E-state index is 0.249. The Bertz CT molecular complexity index is 1250. The van der Waals surface area contributed by atoms with Gasteiger partial charge in [-0.15, -0.1) is 5.10 Å². The van der Waals surface area contributed by atoms with Gasteiger partial charge in [-0.3, -0.25) is 0 Å². The van der Waals surface area contributed by atoms with E-state index in [-0.39, 0.29) is 4.90 Å². The zero-order chi connectivity index (χ0) is 19.0. The van der Waals surface area contributed by atoms with Crippen LogP contribution in [0.5, 0.6) is 0 Å². The zero-order valence-corrected chi connectivity index (χ0v) is 15.2. The summed E-state index contributed by atoms with van der Waals surface area (Å²) in [6, 6.07) is 17.5. The van der Waals surface area contributed by atoms with E-state index in [4.69, 9.17) is 5.73 Å². The number of aromatic nitrogens is 4. The smallest absolute Gasteiger partial charge is 0.248 e.